The maximum Gasteiger partial charge on any atom is 0.274 e. The van der Waals surface area contributed by atoms with E-state index in [1.165, 1.54) is 10.1 Å². The van der Waals surface area contributed by atoms with Gasteiger partial charge in [0.1, 0.15) is 11.8 Å². The van der Waals surface area contributed by atoms with E-state index < -0.39 is 6.10 Å². The number of aryl methyl sites for hydroxylation is 2. The number of nitrogens with zero attached hydrogens (tertiary/aromatic N) is 2. The van der Waals surface area contributed by atoms with E-state index in [9.17, 15) is 9.59 Å². The van der Waals surface area contributed by atoms with Crippen LogP contribution in [0.2, 0.25) is 0 Å². The summed E-state index contributed by atoms with van der Waals surface area (Å²) in [7, 11) is 1.66. The van der Waals surface area contributed by atoms with E-state index in [0.29, 0.717) is 18.8 Å². The Hall–Kier alpha value is -2.44. The highest BCUT2D eigenvalue weighted by Crippen LogP contribution is 2.13. The molecule has 0 saturated carbocycles. The Morgan fingerprint density at radius 2 is 2.04 bits per heavy atom. The van der Waals surface area contributed by atoms with Crippen LogP contribution < -0.4 is 10.9 Å². The molecular weight excluding hydrogens is 318 g/mol. The zero-order valence-electron chi connectivity index (χ0n) is 14.6. The van der Waals surface area contributed by atoms with E-state index in [1.807, 2.05) is 18.2 Å². The average Bonchev–Trinajstić information content (AvgIpc) is 2.63. The molecule has 0 aliphatic carbocycles. The maximum atomic E-state index is 12.6. The Kier molecular flexibility index (Phi) is 5.31. The minimum Gasteiger partial charge on any atom is -0.366 e. The highest BCUT2D eigenvalue weighted by molar-refractivity contribution is 5.94. The monoisotopic (exact) mass is 341 g/mol. The molecule has 1 atom stereocenters. The number of ether oxygens (including phenoxy) is 1. The molecule has 0 radical (unpaired) electrons. The summed E-state index contributed by atoms with van der Waals surface area (Å²) >= 11 is 0. The molecule has 1 unspecified atom stereocenters. The lowest BCUT2D eigenvalue weighted by atomic mass is 10.1. The van der Waals surface area contributed by atoms with Crippen LogP contribution in [0.5, 0.6) is 0 Å². The lowest BCUT2D eigenvalue weighted by Crippen LogP contribution is -2.48. The third-order valence-electron chi connectivity index (χ3n) is 4.42. The molecule has 6 nitrogen and oxygen atoms in total. The number of aromatic nitrogens is 1. The SMILES string of the molecule is Cc1ccn(C)c(=O)c1NC(=O)C1CN(Cc2ccccc2)CCO1. The standard InChI is InChI=1S/C19H23N3O3/c1-14-8-9-21(2)19(24)17(14)20-18(23)16-13-22(10-11-25-16)12-15-6-4-3-5-7-15/h3-9,16H,10-13H2,1-2H3,(H,20,23). The van der Waals surface area contributed by atoms with Crippen molar-refractivity contribution in [3.05, 3.63) is 64.1 Å². The van der Waals surface area contributed by atoms with Crippen LogP contribution in [0.1, 0.15) is 11.1 Å². The lowest BCUT2D eigenvalue weighted by molar-refractivity contribution is -0.133. The first-order valence-electron chi connectivity index (χ1n) is 8.39. The number of benzene rings is 1. The highest BCUT2D eigenvalue weighted by Gasteiger charge is 2.27. The first-order chi connectivity index (χ1) is 12.0. The average molecular weight is 341 g/mol. The molecule has 1 saturated heterocycles. The fourth-order valence-corrected chi connectivity index (χ4v) is 2.92. The maximum absolute atomic E-state index is 12.6. The fraction of sp³-hybridized carbons (Fsp3) is 0.368. The third-order valence-corrected chi connectivity index (χ3v) is 4.42. The summed E-state index contributed by atoms with van der Waals surface area (Å²) in [5.41, 5.74) is 2.05. The Labute approximate surface area is 147 Å². The first kappa shape index (κ1) is 17.4. The van der Waals surface area contributed by atoms with E-state index in [1.54, 1.807) is 26.2 Å². The number of pyridine rings is 1. The second kappa shape index (κ2) is 7.63. The summed E-state index contributed by atoms with van der Waals surface area (Å²) in [6.07, 6.45) is 1.10. The zero-order valence-corrected chi connectivity index (χ0v) is 14.6. The quantitative estimate of drug-likeness (QED) is 0.916. The molecule has 132 valence electrons. The number of amides is 1. The number of hydrogen-bond donors (Lipinski definition) is 1. The molecule has 2 aromatic rings. The number of morpholine rings is 1. The molecule has 1 aromatic heterocycles. The molecule has 2 heterocycles. The van der Waals surface area contributed by atoms with E-state index >= 15 is 0 Å². The van der Waals surface area contributed by atoms with Crippen molar-refractivity contribution in [3.8, 4) is 0 Å². The van der Waals surface area contributed by atoms with Gasteiger partial charge in [-0.1, -0.05) is 30.3 Å². The van der Waals surface area contributed by atoms with Crippen molar-refractivity contribution < 1.29 is 9.53 Å². The van der Waals surface area contributed by atoms with Crippen LogP contribution >= 0.6 is 0 Å². The number of carbonyl (C=O) groups is 1. The smallest absolute Gasteiger partial charge is 0.274 e. The number of carbonyl (C=O) groups excluding carboxylic acids is 1. The summed E-state index contributed by atoms with van der Waals surface area (Å²) in [6.45, 7) is 4.37. The molecule has 1 fully saturated rings. The van der Waals surface area contributed by atoms with Crippen LogP contribution in [0, 0.1) is 6.92 Å². The van der Waals surface area contributed by atoms with Gasteiger partial charge in [-0.15, -0.1) is 0 Å². The second-order valence-corrected chi connectivity index (χ2v) is 6.36. The van der Waals surface area contributed by atoms with Gasteiger partial charge in [0.15, 0.2) is 0 Å². The van der Waals surface area contributed by atoms with Crippen LogP contribution in [-0.2, 0) is 23.1 Å². The van der Waals surface area contributed by atoms with Gasteiger partial charge >= 0.3 is 0 Å². The van der Waals surface area contributed by atoms with Crippen LogP contribution in [0.25, 0.3) is 0 Å². The Morgan fingerprint density at radius 3 is 2.80 bits per heavy atom. The van der Waals surface area contributed by atoms with Gasteiger partial charge in [0, 0.05) is 32.9 Å². The van der Waals surface area contributed by atoms with Crippen LogP contribution in [0.3, 0.4) is 0 Å². The van der Waals surface area contributed by atoms with E-state index in [2.05, 4.69) is 22.3 Å². The van der Waals surface area contributed by atoms with Gasteiger partial charge in [0.05, 0.1) is 6.61 Å². The second-order valence-electron chi connectivity index (χ2n) is 6.36. The molecule has 1 aromatic carbocycles. The molecule has 1 aliphatic heterocycles. The van der Waals surface area contributed by atoms with Gasteiger partial charge in [-0.25, -0.2) is 0 Å². The molecule has 0 spiro atoms. The summed E-state index contributed by atoms with van der Waals surface area (Å²) in [6, 6.07) is 12.0. The van der Waals surface area contributed by atoms with E-state index in [4.69, 9.17) is 4.74 Å². The number of anilines is 1. The Balaban J connectivity index is 1.66. The molecule has 1 amide bonds. The minimum absolute atomic E-state index is 0.217. The number of hydrogen-bond acceptors (Lipinski definition) is 4. The van der Waals surface area contributed by atoms with Gasteiger partial charge in [-0.3, -0.25) is 14.5 Å². The molecular formula is C19H23N3O3. The van der Waals surface area contributed by atoms with Gasteiger partial charge in [0.2, 0.25) is 0 Å². The van der Waals surface area contributed by atoms with Crippen molar-refractivity contribution >= 4 is 11.6 Å². The van der Waals surface area contributed by atoms with Crippen molar-refractivity contribution in [3.63, 3.8) is 0 Å². The number of nitrogens with one attached hydrogen (secondary N) is 1. The van der Waals surface area contributed by atoms with Crippen LogP contribution in [0.4, 0.5) is 5.69 Å². The molecule has 6 heteroatoms. The highest BCUT2D eigenvalue weighted by atomic mass is 16.5. The van der Waals surface area contributed by atoms with Gasteiger partial charge in [-0.05, 0) is 24.1 Å². The summed E-state index contributed by atoms with van der Waals surface area (Å²) < 4.78 is 7.08. The largest absolute Gasteiger partial charge is 0.366 e. The van der Waals surface area contributed by atoms with Crippen molar-refractivity contribution in [2.45, 2.75) is 19.6 Å². The summed E-state index contributed by atoms with van der Waals surface area (Å²) in [5.74, 6) is -0.274. The fourth-order valence-electron chi connectivity index (χ4n) is 2.92. The zero-order chi connectivity index (χ0) is 17.8. The first-order valence-corrected chi connectivity index (χ1v) is 8.39. The van der Waals surface area contributed by atoms with Crippen LogP contribution in [0.15, 0.2) is 47.4 Å². The van der Waals surface area contributed by atoms with Gasteiger partial charge in [-0.2, -0.15) is 0 Å². The molecule has 0 bridgehead atoms. The molecule has 1 N–H and O–H groups in total. The molecule has 25 heavy (non-hydrogen) atoms. The van der Waals surface area contributed by atoms with Crippen molar-refractivity contribution in [1.29, 1.82) is 0 Å². The predicted octanol–water partition coefficient (Wildman–Crippen LogP) is 1.53. The molecule has 1 aliphatic rings. The van der Waals surface area contributed by atoms with Crippen molar-refractivity contribution in [2.75, 3.05) is 25.0 Å². The van der Waals surface area contributed by atoms with Gasteiger partial charge in [0.25, 0.3) is 11.5 Å². The Morgan fingerprint density at radius 1 is 1.28 bits per heavy atom. The van der Waals surface area contributed by atoms with Crippen molar-refractivity contribution in [1.82, 2.24) is 9.47 Å². The summed E-state index contributed by atoms with van der Waals surface area (Å²) in [5, 5.41) is 2.75. The normalized spacial score (nSPS) is 18.1. The molecule has 3 rings (SSSR count). The predicted molar refractivity (Wildman–Crippen MR) is 96.5 cm³/mol. The van der Waals surface area contributed by atoms with Gasteiger partial charge < -0.3 is 14.6 Å². The third kappa shape index (κ3) is 4.15. The van der Waals surface area contributed by atoms with E-state index in [0.717, 1.165) is 18.7 Å². The number of rotatable bonds is 4. The summed E-state index contributed by atoms with van der Waals surface area (Å²) in [4.78, 5) is 27.0. The lowest BCUT2D eigenvalue weighted by Gasteiger charge is -2.32. The Bertz CT molecular complexity index is 801. The van der Waals surface area contributed by atoms with Crippen molar-refractivity contribution in [2.24, 2.45) is 7.05 Å². The van der Waals surface area contributed by atoms with E-state index in [-0.39, 0.29) is 11.5 Å². The minimum atomic E-state index is -0.582. The van der Waals surface area contributed by atoms with Crippen LogP contribution in [-0.4, -0.2) is 41.2 Å². The topological polar surface area (TPSA) is 63.6 Å².